The van der Waals surface area contributed by atoms with Crippen molar-refractivity contribution in [2.45, 2.75) is 19.4 Å². The fraction of sp³-hybridized carbons (Fsp3) is 0.917. The first kappa shape index (κ1) is 13.4. The molecule has 2 unspecified atom stereocenters. The van der Waals surface area contributed by atoms with Crippen LogP contribution in [0.3, 0.4) is 0 Å². The molecule has 4 nitrogen and oxygen atoms in total. The first-order chi connectivity index (χ1) is 7.63. The minimum absolute atomic E-state index is 0.384. The van der Waals surface area contributed by atoms with Gasteiger partial charge in [-0.05, 0) is 26.6 Å². The lowest BCUT2D eigenvalue weighted by molar-refractivity contribution is 0.176. The third kappa shape index (κ3) is 4.48. The largest absolute Gasteiger partial charge is 0.315 e. The molecule has 0 bridgehead atoms. The number of hydrogen-bond acceptors (Lipinski definition) is 4. The molecule has 0 spiro atoms. The lowest BCUT2D eigenvalue weighted by Crippen LogP contribution is -2.43. The highest BCUT2D eigenvalue weighted by Crippen LogP contribution is 2.10. The average Bonchev–Trinajstić information content (AvgIpc) is 2.38. The third-order valence-corrected chi connectivity index (χ3v) is 3.10. The van der Waals surface area contributed by atoms with Crippen LogP contribution in [0.4, 0.5) is 0 Å². The minimum atomic E-state index is 0.384. The summed E-state index contributed by atoms with van der Waals surface area (Å²) >= 11 is 0. The second-order valence-corrected chi connectivity index (χ2v) is 5.08. The molecule has 1 aliphatic rings. The lowest BCUT2D eigenvalue weighted by atomic mass is 10.1. The van der Waals surface area contributed by atoms with Gasteiger partial charge in [-0.15, -0.1) is 0 Å². The smallest absolute Gasteiger partial charge is 0.0638 e. The van der Waals surface area contributed by atoms with Crippen molar-refractivity contribution in [3.63, 3.8) is 0 Å². The molecule has 2 atom stereocenters. The molecule has 1 N–H and O–H groups in total. The predicted molar refractivity (Wildman–Crippen MR) is 66.2 cm³/mol. The zero-order valence-corrected chi connectivity index (χ0v) is 10.7. The van der Waals surface area contributed by atoms with Crippen LogP contribution in [-0.4, -0.2) is 62.7 Å². The molecule has 4 heteroatoms. The van der Waals surface area contributed by atoms with Crippen LogP contribution in [0, 0.1) is 17.2 Å². The topological polar surface area (TPSA) is 42.3 Å². The molecule has 1 fully saturated rings. The summed E-state index contributed by atoms with van der Waals surface area (Å²) in [7, 11) is 4.19. The number of hydrogen-bond donors (Lipinski definition) is 1. The number of rotatable bonds is 4. The van der Waals surface area contributed by atoms with Crippen molar-refractivity contribution >= 4 is 0 Å². The van der Waals surface area contributed by atoms with Gasteiger partial charge in [0, 0.05) is 32.2 Å². The summed E-state index contributed by atoms with van der Waals surface area (Å²) in [6.07, 6.45) is 0.632. The van der Waals surface area contributed by atoms with E-state index in [0.717, 1.165) is 32.7 Å². The summed E-state index contributed by atoms with van der Waals surface area (Å²) in [5.74, 6) is 0.672. The second-order valence-electron chi connectivity index (χ2n) is 5.08. The maximum absolute atomic E-state index is 8.86. The maximum Gasteiger partial charge on any atom is 0.0638 e. The number of nitrogens with one attached hydrogen (secondary N) is 1. The van der Waals surface area contributed by atoms with Gasteiger partial charge in [-0.1, -0.05) is 6.92 Å². The van der Waals surface area contributed by atoms with Crippen molar-refractivity contribution < 1.29 is 0 Å². The van der Waals surface area contributed by atoms with Crippen LogP contribution in [0.15, 0.2) is 0 Å². The van der Waals surface area contributed by atoms with Gasteiger partial charge >= 0.3 is 0 Å². The van der Waals surface area contributed by atoms with Crippen LogP contribution >= 0.6 is 0 Å². The molecule has 1 rings (SSSR count). The van der Waals surface area contributed by atoms with E-state index in [-0.39, 0.29) is 0 Å². The monoisotopic (exact) mass is 224 g/mol. The van der Waals surface area contributed by atoms with Crippen molar-refractivity contribution in [1.29, 1.82) is 5.26 Å². The summed E-state index contributed by atoms with van der Waals surface area (Å²) in [5, 5.41) is 12.3. The van der Waals surface area contributed by atoms with Crippen molar-refractivity contribution in [1.82, 2.24) is 15.1 Å². The van der Waals surface area contributed by atoms with Crippen LogP contribution < -0.4 is 5.32 Å². The predicted octanol–water partition coefficient (Wildman–Crippen LogP) is 0.372. The maximum atomic E-state index is 8.86. The van der Waals surface area contributed by atoms with Gasteiger partial charge in [0.15, 0.2) is 0 Å². The molecule has 0 amide bonds. The van der Waals surface area contributed by atoms with E-state index < -0.39 is 0 Å². The van der Waals surface area contributed by atoms with Crippen LogP contribution in [0.5, 0.6) is 0 Å². The summed E-state index contributed by atoms with van der Waals surface area (Å²) < 4.78 is 0. The van der Waals surface area contributed by atoms with Gasteiger partial charge in [0.1, 0.15) is 0 Å². The standard InChI is InChI=1S/C12H24N4/c1-11-8-14-9-12(4-5-13)16(10-11)7-6-15(2)3/h11-12,14H,4,6-10H2,1-3H3. The highest BCUT2D eigenvalue weighted by Gasteiger charge is 2.23. The van der Waals surface area contributed by atoms with Gasteiger partial charge in [-0.3, -0.25) is 4.90 Å². The molecule has 0 aromatic heterocycles. The van der Waals surface area contributed by atoms with Gasteiger partial charge in [0.25, 0.3) is 0 Å². The van der Waals surface area contributed by atoms with Crippen LogP contribution in [0.2, 0.25) is 0 Å². The molecule has 92 valence electrons. The number of nitriles is 1. The highest BCUT2D eigenvalue weighted by molar-refractivity contribution is 4.87. The molecular weight excluding hydrogens is 200 g/mol. The fourth-order valence-corrected chi connectivity index (χ4v) is 2.15. The Morgan fingerprint density at radius 3 is 2.81 bits per heavy atom. The van der Waals surface area contributed by atoms with Crippen molar-refractivity contribution in [2.75, 3.05) is 46.8 Å². The van der Waals surface area contributed by atoms with E-state index in [1.165, 1.54) is 0 Å². The van der Waals surface area contributed by atoms with E-state index in [1.807, 2.05) is 0 Å². The van der Waals surface area contributed by atoms with E-state index in [0.29, 0.717) is 18.4 Å². The van der Waals surface area contributed by atoms with Crippen molar-refractivity contribution in [3.05, 3.63) is 0 Å². The molecule has 1 aliphatic heterocycles. The van der Waals surface area contributed by atoms with E-state index >= 15 is 0 Å². The second kappa shape index (κ2) is 6.85. The molecule has 0 saturated carbocycles. The quantitative estimate of drug-likeness (QED) is 0.749. The Labute approximate surface area is 99.2 Å². The summed E-state index contributed by atoms with van der Waals surface area (Å²) in [5.41, 5.74) is 0. The normalized spacial score (nSPS) is 27.7. The molecule has 0 aliphatic carbocycles. The Hall–Kier alpha value is -0.630. The average molecular weight is 224 g/mol. The Morgan fingerprint density at radius 1 is 1.44 bits per heavy atom. The van der Waals surface area contributed by atoms with Crippen LogP contribution in [0.25, 0.3) is 0 Å². The fourth-order valence-electron chi connectivity index (χ4n) is 2.15. The van der Waals surface area contributed by atoms with E-state index in [9.17, 15) is 0 Å². The van der Waals surface area contributed by atoms with Crippen LogP contribution in [-0.2, 0) is 0 Å². The molecular formula is C12H24N4. The Kier molecular flexibility index (Phi) is 5.75. The minimum Gasteiger partial charge on any atom is -0.315 e. The van der Waals surface area contributed by atoms with Crippen molar-refractivity contribution in [3.8, 4) is 6.07 Å². The molecule has 0 aromatic carbocycles. The van der Waals surface area contributed by atoms with Crippen LogP contribution in [0.1, 0.15) is 13.3 Å². The Bertz CT molecular complexity index is 234. The van der Waals surface area contributed by atoms with Gasteiger partial charge in [-0.2, -0.15) is 5.26 Å². The summed E-state index contributed by atoms with van der Waals surface area (Å²) in [6, 6.07) is 2.69. The molecule has 1 heterocycles. The van der Waals surface area contributed by atoms with Gasteiger partial charge in [-0.25, -0.2) is 0 Å². The first-order valence-corrected chi connectivity index (χ1v) is 6.10. The van der Waals surface area contributed by atoms with Gasteiger partial charge < -0.3 is 10.2 Å². The third-order valence-electron chi connectivity index (χ3n) is 3.10. The van der Waals surface area contributed by atoms with E-state index in [2.05, 4.69) is 42.2 Å². The zero-order valence-electron chi connectivity index (χ0n) is 10.7. The summed E-state index contributed by atoms with van der Waals surface area (Å²) in [6.45, 7) is 7.52. The SMILES string of the molecule is CC1CNCC(CC#N)N(CCN(C)C)C1. The number of likely N-dealkylation sites (N-methyl/N-ethyl adjacent to an activating group) is 1. The summed E-state index contributed by atoms with van der Waals surface area (Å²) in [4.78, 5) is 4.67. The zero-order chi connectivity index (χ0) is 12.0. The number of nitrogens with zero attached hydrogens (tertiary/aromatic N) is 3. The Morgan fingerprint density at radius 2 is 2.19 bits per heavy atom. The van der Waals surface area contributed by atoms with Gasteiger partial charge in [0.05, 0.1) is 12.5 Å². The molecule has 1 saturated heterocycles. The lowest BCUT2D eigenvalue weighted by Gasteiger charge is -2.30. The van der Waals surface area contributed by atoms with Gasteiger partial charge in [0.2, 0.25) is 0 Å². The first-order valence-electron chi connectivity index (χ1n) is 6.10. The Balaban J connectivity index is 2.52. The molecule has 16 heavy (non-hydrogen) atoms. The van der Waals surface area contributed by atoms with Crippen molar-refractivity contribution in [2.24, 2.45) is 5.92 Å². The molecule has 0 radical (unpaired) electrons. The van der Waals surface area contributed by atoms with E-state index in [4.69, 9.17) is 5.26 Å². The highest BCUT2D eigenvalue weighted by atomic mass is 15.2. The molecule has 0 aromatic rings. The van der Waals surface area contributed by atoms with E-state index in [1.54, 1.807) is 0 Å².